The van der Waals surface area contributed by atoms with Crippen molar-refractivity contribution < 1.29 is 42.5 Å². The summed E-state index contributed by atoms with van der Waals surface area (Å²) in [5.41, 5.74) is 0.931. The molecule has 2 amide bonds. The number of likely N-dealkylation sites (tertiary alicyclic amines) is 1. The van der Waals surface area contributed by atoms with E-state index in [4.69, 9.17) is 14.2 Å². The Morgan fingerprint density at radius 3 is 2.57 bits per heavy atom. The fourth-order valence-corrected chi connectivity index (χ4v) is 6.08. The number of anilines is 2. The standard InChI is InChI=1S/C30H27F2N7O7/c31-15-8-9-17(18(32)11-15)29-45-23-22(20(40)12-38-10-4-7-19(38)28(41)42)44-27(24(23)46-29)39-14-35-21-25(33-13-34-26(21)39)37-30(43)36-16-5-2-1-3-6-16/h1-3,5-6,8-9,11,13-14,19,22-24,27,29H,4,7,10,12H2,(H,41,42)(H2,33,34,36,37,43). The van der Waals surface area contributed by atoms with Crippen LogP contribution in [0.15, 0.2) is 61.2 Å². The van der Waals surface area contributed by atoms with Crippen molar-refractivity contribution in [3.8, 4) is 0 Å². The lowest BCUT2D eigenvalue weighted by Gasteiger charge is -2.24. The molecule has 46 heavy (non-hydrogen) atoms. The molecule has 5 heterocycles. The average Bonchev–Trinajstić information content (AvgIpc) is 3.81. The molecule has 4 aromatic rings. The third kappa shape index (κ3) is 5.55. The Morgan fingerprint density at radius 2 is 1.78 bits per heavy atom. The summed E-state index contributed by atoms with van der Waals surface area (Å²) in [5, 5.41) is 14.9. The lowest BCUT2D eigenvalue weighted by Crippen LogP contribution is -2.45. The highest BCUT2D eigenvalue weighted by molar-refractivity contribution is 6.02. The highest BCUT2D eigenvalue weighted by Crippen LogP contribution is 2.45. The Kier molecular flexibility index (Phi) is 7.85. The van der Waals surface area contributed by atoms with Crippen molar-refractivity contribution >= 4 is 40.5 Å². The van der Waals surface area contributed by atoms with Gasteiger partial charge in [0.2, 0.25) is 0 Å². The van der Waals surface area contributed by atoms with Crippen molar-refractivity contribution in [3.05, 3.63) is 78.4 Å². The molecule has 3 aliphatic rings. The second-order valence-corrected chi connectivity index (χ2v) is 11.1. The minimum atomic E-state index is -1.29. The number of aliphatic carboxylic acids is 1. The van der Waals surface area contributed by atoms with E-state index in [1.165, 1.54) is 23.3 Å². The first kappa shape index (κ1) is 29.8. The molecule has 2 aromatic heterocycles. The Hall–Kier alpha value is -4.90. The van der Waals surface area contributed by atoms with Crippen molar-refractivity contribution in [3.63, 3.8) is 0 Å². The molecule has 16 heteroatoms. The number of hydrogen-bond donors (Lipinski definition) is 3. The minimum Gasteiger partial charge on any atom is -0.480 e. The predicted molar refractivity (Wildman–Crippen MR) is 154 cm³/mol. The van der Waals surface area contributed by atoms with Crippen LogP contribution in [0.2, 0.25) is 0 Å². The van der Waals surface area contributed by atoms with Gasteiger partial charge in [-0.1, -0.05) is 18.2 Å². The maximum absolute atomic E-state index is 14.8. The van der Waals surface area contributed by atoms with Gasteiger partial charge in [-0.15, -0.1) is 0 Å². The van der Waals surface area contributed by atoms with Crippen molar-refractivity contribution in [2.24, 2.45) is 0 Å². The van der Waals surface area contributed by atoms with Crippen molar-refractivity contribution in [2.45, 2.75) is 49.7 Å². The number of hydrogen-bond acceptors (Lipinski definition) is 10. The van der Waals surface area contributed by atoms with Crippen molar-refractivity contribution in [1.82, 2.24) is 24.4 Å². The van der Waals surface area contributed by atoms with Crippen LogP contribution in [-0.4, -0.2) is 84.8 Å². The number of amides is 2. The molecule has 3 aliphatic heterocycles. The summed E-state index contributed by atoms with van der Waals surface area (Å²) in [4.78, 5) is 52.5. The number of carboxylic acid groups (broad SMARTS) is 1. The van der Waals surface area contributed by atoms with Crippen molar-refractivity contribution in [2.75, 3.05) is 23.7 Å². The molecule has 0 radical (unpaired) electrons. The smallest absolute Gasteiger partial charge is 0.324 e. The van der Waals surface area contributed by atoms with Gasteiger partial charge in [0, 0.05) is 17.3 Å². The van der Waals surface area contributed by atoms with Gasteiger partial charge in [-0.2, -0.15) is 0 Å². The van der Waals surface area contributed by atoms with E-state index in [1.807, 2.05) is 6.07 Å². The monoisotopic (exact) mass is 635 g/mol. The topological polar surface area (TPSA) is 170 Å². The number of fused-ring (bicyclic) bond motifs is 2. The first-order chi connectivity index (χ1) is 22.3. The number of benzene rings is 2. The van der Waals surface area contributed by atoms with Gasteiger partial charge in [0.15, 0.2) is 35.3 Å². The molecular weight excluding hydrogens is 608 g/mol. The van der Waals surface area contributed by atoms with Crippen LogP contribution in [0.5, 0.6) is 0 Å². The fraction of sp³-hybridized carbons (Fsp3) is 0.333. The van der Waals surface area contributed by atoms with Gasteiger partial charge < -0.3 is 24.6 Å². The van der Waals surface area contributed by atoms with E-state index in [2.05, 4.69) is 25.6 Å². The second-order valence-electron chi connectivity index (χ2n) is 11.1. The first-order valence-electron chi connectivity index (χ1n) is 14.5. The van der Waals surface area contributed by atoms with Crippen LogP contribution in [0, 0.1) is 11.6 Å². The number of aromatic nitrogens is 4. The van der Waals surface area contributed by atoms with Crippen LogP contribution in [0.3, 0.4) is 0 Å². The highest BCUT2D eigenvalue weighted by atomic mass is 19.1. The number of nitrogens with one attached hydrogen (secondary N) is 2. The number of carbonyl (C=O) groups is 3. The van der Waals surface area contributed by atoms with Crippen LogP contribution in [-0.2, 0) is 23.8 Å². The molecule has 7 rings (SSSR count). The zero-order valence-electron chi connectivity index (χ0n) is 24.0. The van der Waals surface area contributed by atoms with Gasteiger partial charge in [-0.05, 0) is 43.7 Å². The number of nitrogens with zero attached hydrogens (tertiary/aromatic N) is 5. The number of para-hydroxylation sites is 1. The normalized spacial score (nSPS) is 25.9. The number of rotatable bonds is 8. The Labute approximate surface area is 259 Å². The van der Waals surface area contributed by atoms with E-state index in [0.717, 1.165) is 6.07 Å². The van der Waals surface area contributed by atoms with Gasteiger partial charge in [-0.3, -0.25) is 24.4 Å². The molecular formula is C30H27F2N7O7. The van der Waals surface area contributed by atoms with E-state index < -0.39 is 66.3 Å². The highest BCUT2D eigenvalue weighted by Gasteiger charge is 2.57. The van der Waals surface area contributed by atoms with Crippen LogP contribution in [0.4, 0.5) is 25.1 Å². The molecule has 3 saturated heterocycles. The van der Waals surface area contributed by atoms with Gasteiger partial charge in [-0.25, -0.2) is 28.5 Å². The van der Waals surface area contributed by atoms with Crippen molar-refractivity contribution in [1.29, 1.82) is 0 Å². The molecule has 6 unspecified atom stereocenters. The summed E-state index contributed by atoms with van der Waals surface area (Å²) in [7, 11) is 0. The minimum absolute atomic E-state index is 0.0695. The quantitative estimate of drug-likeness (QED) is 0.260. The summed E-state index contributed by atoms with van der Waals surface area (Å²) in [6.07, 6.45) is -1.97. The Bertz CT molecular complexity index is 1810. The fourth-order valence-electron chi connectivity index (χ4n) is 6.08. The first-order valence-corrected chi connectivity index (χ1v) is 14.5. The van der Waals surface area contributed by atoms with E-state index >= 15 is 0 Å². The van der Waals surface area contributed by atoms with Crippen LogP contribution >= 0.6 is 0 Å². The van der Waals surface area contributed by atoms with E-state index in [9.17, 15) is 28.3 Å². The third-order valence-electron chi connectivity index (χ3n) is 8.19. The zero-order chi connectivity index (χ0) is 31.9. The number of imidazole rings is 1. The van der Waals surface area contributed by atoms with E-state index in [0.29, 0.717) is 31.1 Å². The molecule has 0 bridgehead atoms. The average molecular weight is 636 g/mol. The maximum Gasteiger partial charge on any atom is 0.324 e. The third-order valence-corrected chi connectivity index (χ3v) is 8.19. The van der Waals surface area contributed by atoms with Gasteiger partial charge in [0.05, 0.1) is 12.9 Å². The summed E-state index contributed by atoms with van der Waals surface area (Å²) in [6, 6.07) is 10.4. The summed E-state index contributed by atoms with van der Waals surface area (Å²) >= 11 is 0. The van der Waals surface area contributed by atoms with Crippen LogP contribution in [0.25, 0.3) is 11.2 Å². The SMILES string of the molecule is O=C(Nc1ccccc1)Nc1ncnc2c1ncn2C1OC(C(=O)CN2CCCC2C(=O)O)C2OC(c3ccc(F)cc3F)OC21. The summed E-state index contributed by atoms with van der Waals surface area (Å²) in [6.45, 7) is 0.207. The number of urea groups is 1. The van der Waals surface area contributed by atoms with Crippen LogP contribution in [0.1, 0.15) is 30.9 Å². The summed E-state index contributed by atoms with van der Waals surface area (Å²) < 4.78 is 48.3. The number of carboxylic acids is 1. The lowest BCUT2D eigenvalue weighted by molar-refractivity contribution is -0.162. The molecule has 238 valence electrons. The summed E-state index contributed by atoms with van der Waals surface area (Å²) in [5.74, 6) is -3.04. The Balaban J connectivity index is 1.18. The number of ether oxygens (including phenoxy) is 3. The molecule has 3 N–H and O–H groups in total. The number of Topliss-reactive ketones (excluding diaryl/α,β-unsaturated/α-hetero) is 1. The number of carbonyl (C=O) groups excluding carboxylic acids is 2. The second kappa shape index (κ2) is 12.1. The van der Waals surface area contributed by atoms with E-state index in [-0.39, 0.29) is 29.1 Å². The van der Waals surface area contributed by atoms with Gasteiger partial charge in [0.25, 0.3) is 0 Å². The molecule has 0 saturated carbocycles. The molecule has 0 spiro atoms. The molecule has 2 aromatic carbocycles. The molecule has 14 nitrogen and oxygen atoms in total. The number of ketones is 1. The maximum atomic E-state index is 14.8. The Morgan fingerprint density at radius 1 is 0.978 bits per heavy atom. The zero-order valence-corrected chi connectivity index (χ0v) is 24.0. The molecule has 6 atom stereocenters. The van der Waals surface area contributed by atoms with Gasteiger partial charge >= 0.3 is 12.0 Å². The van der Waals surface area contributed by atoms with Crippen LogP contribution < -0.4 is 10.6 Å². The number of halogens is 2. The predicted octanol–water partition coefficient (Wildman–Crippen LogP) is 3.25. The molecule has 3 fully saturated rings. The molecule has 0 aliphatic carbocycles. The lowest BCUT2D eigenvalue weighted by atomic mass is 10.1. The largest absolute Gasteiger partial charge is 0.480 e. The van der Waals surface area contributed by atoms with E-state index in [1.54, 1.807) is 29.2 Å². The van der Waals surface area contributed by atoms with Gasteiger partial charge in [0.1, 0.15) is 42.3 Å².